The van der Waals surface area contributed by atoms with E-state index in [2.05, 4.69) is 4.99 Å². The van der Waals surface area contributed by atoms with Crippen LogP contribution < -0.4 is 11.5 Å². The third-order valence-corrected chi connectivity index (χ3v) is 5.75. The molecule has 1 fully saturated rings. The monoisotopic (exact) mass is 351 g/mol. The Kier molecular flexibility index (Phi) is 5.64. The summed E-state index contributed by atoms with van der Waals surface area (Å²) < 4.78 is 25.0. The average molecular weight is 351 g/mol. The van der Waals surface area contributed by atoms with Gasteiger partial charge in [-0.2, -0.15) is 4.99 Å². The molecule has 0 atom stereocenters. The molecular formula is C17H25N3O3S. The molecule has 1 aromatic carbocycles. The van der Waals surface area contributed by atoms with Crippen LogP contribution in [0.1, 0.15) is 66.4 Å². The largest absolute Gasteiger partial charge is 0.370 e. The lowest BCUT2D eigenvalue weighted by atomic mass is 9.82. The van der Waals surface area contributed by atoms with E-state index in [0.29, 0.717) is 12.0 Å². The Labute approximate surface area is 143 Å². The van der Waals surface area contributed by atoms with Crippen LogP contribution in [0.3, 0.4) is 0 Å². The van der Waals surface area contributed by atoms with E-state index in [1.54, 1.807) is 12.1 Å². The Balaban J connectivity index is 2.67. The van der Waals surface area contributed by atoms with Crippen molar-refractivity contribution < 1.29 is 13.2 Å². The zero-order chi connectivity index (χ0) is 17.9. The van der Waals surface area contributed by atoms with Crippen molar-refractivity contribution in [3.05, 3.63) is 28.8 Å². The molecule has 24 heavy (non-hydrogen) atoms. The van der Waals surface area contributed by atoms with Crippen LogP contribution >= 0.6 is 0 Å². The maximum atomic E-state index is 12.5. The van der Waals surface area contributed by atoms with Crippen molar-refractivity contribution in [2.45, 2.75) is 56.3 Å². The van der Waals surface area contributed by atoms with Gasteiger partial charge in [0.1, 0.15) is 0 Å². The lowest BCUT2D eigenvalue weighted by Crippen LogP contribution is -2.24. The Morgan fingerprint density at radius 3 is 2.33 bits per heavy atom. The molecule has 7 heteroatoms. The molecule has 1 saturated carbocycles. The normalized spacial score (nSPS) is 15.9. The minimum atomic E-state index is -3.47. The highest BCUT2D eigenvalue weighted by Crippen LogP contribution is 2.38. The fourth-order valence-electron chi connectivity index (χ4n) is 3.55. The molecule has 1 aliphatic carbocycles. The molecule has 0 heterocycles. The summed E-state index contributed by atoms with van der Waals surface area (Å²) >= 11 is 0. The van der Waals surface area contributed by atoms with Crippen molar-refractivity contribution in [1.82, 2.24) is 0 Å². The van der Waals surface area contributed by atoms with Crippen LogP contribution in [0.15, 0.2) is 22.0 Å². The van der Waals surface area contributed by atoms with E-state index in [4.69, 9.17) is 11.5 Å². The third kappa shape index (κ3) is 3.95. The van der Waals surface area contributed by atoms with Gasteiger partial charge in [0.25, 0.3) is 5.91 Å². The molecule has 2 rings (SSSR count). The highest BCUT2D eigenvalue weighted by atomic mass is 32.2. The fraction of sp³-hybridized carbons (Fsp3) is 0.529. The van der Waals surface area contributed by atoms with Crippen LogP contribution in [0.2, 0.25) is 0 Å². The molecule has 0 aromatic heterocycles. The molecule has 0 aliphatic heterocycles. The molecule has 132 valence electrons. The van der Waals surface area contributed by atoms with Gasteiger partial charge in [0.2, 0.25) is 0 Å². The number of carbonyl (C=O) groups is 1. The number of carbonyl (C=O) groups excluding carboxylic acids is 1. The van der Waals surface area contributed by atoms with Crippen molar-refractivity contribution in [3.63, 3.8) is 0 Å². The number of guanidine groups is 1. The summed E-state index contributed by atoms with van der Waals surface area (Å²) in [5.41, 5.74) is 12.2. The second kappa shape index (κ2) is 7.34. The summed E-state index contributed by atoms with van der Waals surface area (Å²) in [7, 11) is -3.47. The van der Waals surface area contributed by atoms with Gasteiger partial charge in [0.05, 0.1) is 4.90 Å². The number of hydrogen-bond donors (Lipinski definition) is 2. The molecule has 0 radical (unpaired) electrons. The highest BCUT2D eigenvalue weighted by molar-refractivity contribution is 7.90. The van der Waals surface area contributed by atoms with Crippen molar-refractivity contribution in [1.29, 1.82) is 0 Å². The van der Waals surface area contributed by atoms with Crippen molar-refractivity contribution in [2.24, 2.45) is 16.5 Å². The van der Waals surface area contributed by atoms with E-state index < -0.39 is 15.7 Å². The van der Waals surface area contributed by atoms with Crippen LogP contribution in [0, 0.1) is 0 Å². The smallest absolute Gasteiger partial charge is 0.280 e. The Hall–Kier alpha value is -1.89. The standard InChI is InChI=1S/C17H25N3O3S/c1-3-12-14(16(21)20-17(18)19)10-9-13(15(12)24(2,22)23)11-7-5-4-6-8-11/h9-11H,3-8H2,1-2H3,(H4,18,19,20,21). The first-order valence-electron chi connectivity index (χ1n) is 8.25. The minimum Gasteiger partial charge on any atom is -0.370 e. The molecule has 0 unspecified atom stereocenters. The van der Waals surface area contributed by atoms with Gasteiger partial charge in [-0.1, -0.05) is 32.3 Å². The first kappa shape index (κ1) is 18.4. The van der Waals surface area contributed by atoms with Gasteiger partial charge in [0.15, 0.2) is 15.8 Å². The van der Waals surface area contributed by atoms with E-state index in [9.17, 15) is 13.2 Å². The van der Waals surface area contributed by atoms with Gasteiger partial charge in [0, 0.05) is 11.8 Å². The molecule has 1 aliphatic rings. The first-order chi connectivity index (χ1) is 11.3. The summed E-state index contributed by atoms with van der Waals surface area (Å²) in [6.07, 6.45) is 6.97. The summed E-state index contributed by atoms with van der Waals surface area (Å²) in [6, 6.07) is 3.42. The number of benzene rings is 1. The van der Waals surface area contributed by atoms with Crippen LogP contribution in [-0.4, -0.2) is 26.5 Å². The van der Waals surface area contributed by atoms with Gasteiger partial charge in [-0.25, -0.2) is 8.42 Å². The lowest BCUT2D eigenvalue weighted by molar-refractivity contribution is 0.100. The maximum Gasteiger partial charge on any atom is 0.280 e. The summed E-state index contributed by atoms with van der Waals surface area (Å²) in [6.45, 7) is 1.83. The SMILES string of the molecule is CCc1c(C(=O)N=C(N)N)ccc(C2CCCCC2)c1S(C)(=O)=O. The molecule has 0 bridgehead atoms. The van der Waals surface area contributed by atoms with Crippen LogP contribution in [0.5, 0.6) is 0 Å². The Morgan fingerprint density at radius 2 is 1.83 bits per heavy atom. The van der Waals surface area contributed by atoms with Crippen molar-refractivity contribution in [3.8, 4) is 0 Å². The maximum absolute atomic E-state index is 12.5. The molecular weight excluding hydrogens is 326 g/mol. The van der Waals surface area contributed by atoms with E-state index in [-0.39, 0.29) is 22.3 Å². The number of aliphatic imine (C=N–C) groups is 1. The quantitative estimate of drug-likeness (QED) is 0.636. The van der Waals surface area contributed by atoms with E-state index >= 15 is 0 Å². The zero-order valence-corrected chi connectivity index (χ0v) is 15.0. The molecule has 4 N–H and O–H groups in total. The minimum absolute atomic E-state index is 0.223. The van der Waals surface area contributed by atoms with Crippen LogP contribution in [0.4, 0.5) is 0 Å². The lowest BCUT2D eigenvalue weighted by Gasteiger charge is -2.25. The predicted molar refractivity (Wildman–Crippen MR) is 94.9 cm³/mol. The second-order valence-electron chi connectivity index (χ2n) is 6.31. The molecule has 1 aromatic rings. The molecule has 6 nitrogen and oxygen atoms in total. The molecule has 0 spiro atoms. The van der Waals surface area contributed by atoms with Crippen molar-refractivity contribution in [2.75, 3.05) is 6.26 Å². The van der Waals surface area contributed by atoms with Gasteiger partial charge in [-0.15, -0.1) is 0 Å². The van der Waals surface area contributed by atoms with E-state index in [0.717, 1.165) is 31.2 Å². The number of sulfone groups is 1. The average Bonchev–Trinajstić information content (AvgIpc) is 2.52. The number of hydrogen-bond acceptors (Lipinski definition) is 3. The van der Waals surface area contributed by atoms with E-state index in [1.165, 1.54) is 12.7 Å². The number of amides is 1. The first-order valence-corrected chi connectivity index (χ1v) is 10.1. The van der Waals surface area contributed by atoms with E-state index in [1.807, 2.05) is 6.92 Å². The van der Waals surface area contributed by atoms with Gasteiger partial charge < -0.3 is 11.5 Å². The number of rotatable bonds is 4. The summed E-state index contributed by atoms with van der Waals surface area (Å²) in [5, 5.41) is 0. The Morgan fingerprint density at radius 1 is 1.21 bits per heavy atom. The Bertz CT molecular complexity index is 760. The third-order valence-electron chi connectivity index (χ3n) is 4.52. The van der Waals surface area contributed by atoms with Gasteiger partial charge >= 0.3 is 0 Å². The number of nitrogens with zero attached hydrogens (tertiary/aromatic N) is 1. The molecule has 0 saturated heterocycles. The van der Waals surface area contributed by atoms with Gasteiger partial charge in [-0.3, -0.25) is 4.79 Å². The summed E-state index contributed by atoms with van der Waals surface area (Å²) in [5.74, 6) is -0.715. The van der Waals surface area contributed by atoms with Gasteiger partial charge in [-0.05, 0) is 42.4 Å². The van der Waals surface area contributed by atoms with Crippen LogP contribution in [-0.2, 0) is 16.3 Å². The predicted octanol–water partition coefficient (Wildman–Crippen LogP) is 2.11. The van der Waals surface area contributed by atoms with Crippen molar-refractivity contribution >= 4 is 21.7 Å². The summed E-state index contributed by atoms with van der Waals surface area (Å²) in [4.78, 5) is 16.1. The highest BCUT2D eigenvalue weighted by Gasteiger charge is 2.27. The fourth-order valence-corrected chi connectivity index (χ4v) is 4.91. The van der Waals surface area contributed by atoms with Crippen LogP contribution in [0.25, 0.3) is 0 Å². The second-order valence-corrected chi connectivity index (χ2v) is 8.27. The topological polar surface area (TPSA) is 116 Å². The molecule has 1 amide bonds. The zero-order valence-electron chi connectivity index (χ0n) is 14.2. The number of nitrogens with two attached hydrogens (primary N) is 2.